The van der Waals surface area contributed by atoms with E-state index in [1.165, 1.54) is 31.4 Å². The third-order valence-corrected chi connectivity index (χ3v) is 5.82. The topological polar surface area (TPSA) is 114 Å². The summed E-state index contributed by atoms with van der Waals surface area (Å²) in [6.45, 7) is 9.26. The summed E-state index contributed by atoms with van der Waals surface area (Å²) in [5, 5.41) is 0. The van der Waals surface area contributed by atoms with Crippen LogP contribution in [0, 0.1) is 0 Å². The molecule has 3 aromatic carbocycles. The maximum absolute atomic E-state index is 12.5. The lowest BCUT2D eigenvalue weighted by molar-refractivity contribution is -0.144. The van der Waals surface area contributed by atoms with Crippen LogP contribution in [0.1, 0.15) is 36.5 Å². The average Bonchev–Trinajstić information content (AvgIpc) is 2.99. The lowest BCUT2D eigenvalue weighted by Crippen LogP contribution is -2.13. The van der Waals surface area contributed by atoms with E-state index in [1.54, 1.807) is 19.1 Å². The smallest absolute Gasteiger partial charge is 0.343 e. The number of carbonyl (C=O) groups excluding carboxylic acids is 4. The third-order valence-electron chi connectivity index (χ3n) is 5.82. The van der Waals surface area contributed by atoms with Crippen LogP contribution >= 0.6 is 0 Å². The van der Waals surface area contributed by atoms with Crippen LogP contribution in [0.2, 0.25) is 0 Å². The molecule has 42 heavy (non-hydrogen) atoms. The highest BCUT2D eigenvalue weighted by Gasteiger charge is 2.13. The maximum atomic E-state index is 12.5. The van der Waals surface area contributed by atoms with E-state index in [-0.39, 0.29) is 24.2 Å². The Hall–Kier alpha value is -5.18. The van der Waals surface area contributed by atoms with E-state index in [9.17, 15) is 19.2 Å². The van der Waals surface area contributed by atoms with Crippen LogP contribution in [0.4, 0.5) is 0 Å². The summed E-state index contributed by atoms with van der Waals surface area (Å²) >= 11 is 0. The summed E-state index contributed by atoms with van der Waals surface area (Å²) in [7, 11) is 1.24. The molecule has 0 aliphatic rings. The van der Waals surface area contributed by atoms with E-state index < -0.39 is 23.9 Å². The second-order valence-electron chi connectivity index (χ2n) is 9.18. The van der Waals surface area contributed by atoms with Gasteiger partial charge < -0.3 is 23.7 Å². The van der Waals surface area contributed by atoms with Crippen LogP contribution in [0.25, 0.3) is 11.1 Å². The Balaban J connectivity index is 1.41. The molecule has 3 rings (SSSR count). The first kappa shape index (κ1) is 31.3. The van der Waals surface area contributed by atoms with Crippen molar-refractivity contribution >= 4 is 23.9 Å². The minimum Gasteiger partial charge on any atom is -0.494 e. The van der Waals surface area contributed by atoms with Crippen molar-refractivity contribution in [3.63, 3.8) is 0 Å². The van der Waals surface area contributed by atoms with Gasteiger partial charge in [0.25, 0.3) is 0 Å². The molecule has 0 aliphatic carbocycles. The molecule has 0 saturated carbocycles. The Labute approximate surface area is 244 Å². The third kappa shape index (κ3) is 9.78. The molecule has 0 bridgehead atoms. The van der Waals surface area contributed by atoms with Gasteiger partial charge in [-0.15, -0.1) is 0 Å². The fourth-order valence-electron chi connectivity index (χ4n) is 3.46. The second kappa shape index (κ2) is 15.6. The Bertz CT molecular complexity index is 1420. The molecular weight excluding hydrogens is 540 g/mol. The van der Waals surface area contributed by atoms with E-state index in [1.807, 2.05) is 36.4 Å². The van der Waals surface area contributed by atoms with Crippen LogP contribution in [-0.4, -0.2) is 44.2 Å². The van der Waals surface area contributed by atoms with Gasteiger partial charge in [-0.3, -0.25) is 4.79 Å². The van der Waals surface area contributed by atoms with Gasteiger partial charge in [-0.2, -0.15) is 0 Å². The van der Waals surface area contributed by atoms with Gasteiger partial charge >= 0.3 is 23.9 Å². The Morgan fingerprint density at radius 3 is 1.76 bits per heavy atom. The van der Waals surface area contributed by atoms with Crippen LogP contribution in [0.5, 0.6) is 17.2 Å². The number of ether oxygens (including phenoxy) is 5. The van der Waals surface area contributed by atoms with Crippen molar-refractivity contribution in [1.82, 2.24) is 0 Å². The summed E-state index contributed by atoms with van der Waals surface area (Å²) in [6, 6.07) is 20.7. The summed E-state index contributed by atoms with van der Waals surface area (Å²) in [5.74, 6) is -0.835. The lowest BCUT2D eigenvalue weighted by atomic mass is 10.1. The van der Waals surface area contributed by atoms with Gasteiger partial charge in [-0.25, -0.2) is 14.4 Å². The van der Waals surface area contributed by atoms with Gasteiger partial charge in [0.1, 0.15) is 17.2 Å². The lowest BCUT2D eigenvalue weighted by Gasteiger charge is -2.09. The molecular formula is C33H32O9. The number of benzene rings is 3. The summed E-state index contributed by atoms with van der Waals surface area (Å²) in [6.07, 6.45) is 1.08. The van der Waals surface area contributed by atoms with E-state index in [0.29, 0.717) is 42.3 Å². The maximum Gasteiger partial charge on any atom is 0.343 e. The summed E-state index contributed by atoms with van der Waals surface area (Å²) in [4.78, 5) is 47.1. The molecule has 0 atom stereocenters. The van der Waals surface area contributed by atoms with Crippen LogP contribution in [-0.2, 0) is 23.9 Å². The summed E-state index contributed by atoms with van der Waals surface area (Å²) in [5.41, 5.74) is 2.53. The first-order valence-corrected chi connectivity index (χ1v) is 13.1. The minimum absolute atomic E-state index is 0.0566. The number of carbonyl (C=O) groups is 4. The van der Waals surface area contributed by atoms with Crippen molar-refractivity contribution < 1.29 is 42.9 Å². The Morgan fingerprint density at radius 2 is 1.19 bits per heavy atom. The standard InChI is InChI=1S/C33H32O9/c1-22(2)31(35)41-28-17-11-26(12-18-28)33(37)42-29-15-9-25(10-16-29)24-7-13-27(14-8-24)39-19-5-6-20-40-32(36)23(3)21-30(34)38-4/h7-18H,1,3,5-6,19-21H2,2,4H3. The molecule has 0 heterocycles. The molecule has 0 aliphatic heterocycles. The van der Waals surface area contributed by atoms with Crippen molar-refractivity contribution in [3.8, 4) is 28.4 Å². The van der Waals surface area contributed by atoms with E-state index in [0.717, 1.165) is 11.1 Å². The zero-order valence-corrected chi connectivity index (χ0v) is 23.6. The second-order valence-corrected chi connectivity index (χ2v) is 9.18. The Morgan fingerprint density at radius 1 is 0.667 bits per heavy atom. The zero-order valence-electron chi connectivity index (χ0n) is 23.6. The zero-order chi connectivity index (χ0) is 30.5. The number of hydrogen-bond acceptors (Lipinski definition) is 9. The van der Waals surface area contributed by atoms with Gasteiger partial charge in [-0.05, 0) is 79.4 Å². The first-order valence-electron chi connectivity index (χ1n) is 13.1. The van der Waals surface area contributed by atoms with Crippen molar-refractivity contribution in [2.45, 2.75) is 26.2 Å². The SMILES string of the molecule is C=C(C)C(=O)Oc1ccc(C(=O)Oc2ccc(-c3ccc(OCCCCOC(=O)C(=C)CC(=O)OC)cc3)cc2)cc1. The van der Waals surface area contributed by atoms with Crippen molar-refractivity contribution in [2.24, 2.45) is 0 Å². The highest BCUT2D eigenvalue weighted by molar-refractivity contribution is 5.93. The quantitative estimate of drug-likeness (QED) is 0.101. The number of unbranched alkanes of at least 4 members (excludes halogenated alkanes) is 1. The average molecular weight is 573 g/mol. The molecule has 3 aromatic rings. The van der Waals surface area contributed by atoms with Gasteiger partial charge in [0, 0.05) is 11.1 Å². The number of esters is 4. The van der Waals surface area contributed by atoms with Gasteiger partial charge in [0.2, 0.25) is 0 Å². The molecule has 218 valence electrons. The highest BCUT2D eigenvalue weighted by Crippen LogP contribution is 2.25. The Kier molecular flexibility index (Phi) is 11.6. The molecule has 0 amide bonds. The normalized spacial score (nSPS) is 10.2. The molecule has 9 heteroatoms. The van der Waals surface area contributed by atoms with Crippen molar-refractivity contribution in [3.05, 3.63) is 103 Å². The number of rotatable bonds is 14. The fourth-order valence-corrected chi connectivity index (χ4v) is 3.46. The molecule has 9 nitrogen and oxygen atoms in total. The molecule has 0 saturated heterocycles. The molecule has 0 N–H and O–H groups in total. The fraction of sp³-hybridized carbons (Fsp3) is 0.212. The predicted molar refractivity (Wildman–Crippen MR) is 155 cm³/mol. The van der Waals surface area contributed by atoms with E-state index in [4.69, 9.17) is 18.9 Å². The monoisotopic (exact) mass is 572 g/mol. The molecule has 0 fully saturated rings. The van der Waals surface area contributed by atoms with Crippen LogP contribution < -0.4 is 14.2 Å². The van der Waals surface area contributed by atoms with Gasteiger partial charge in [0.05, 0.1) is 32.3 Å². The molecule has 0 aromatic heterocycles. The molecule has 0 radical (unpaired) electrons. The molecule has 0 unspecified atom stereocenters. The predicted octanol–water partition coefficient (Wildman–Crippen LogP) is 5.88. The summed E-state index contributed by atoms with van der Waals surface area (Å²) < 4.78 is 25.9. The minimum atomic E-state index is -0.613. The van der Waals surface area contributed by atoms with Crippen LogP contribution in [0.3, 0.4) is 0 Å². The molecule has 0 spiro atoms. The van der Waals surface area contributed by atoms with E-state index >= 15 is 0 Å². The van der Waals surface area contributed by atoms with Crippen molar-refractivity contribution in [1.29, 1.82) is 0 Å². The van der Waals surface area contributed by atoms with Crippen molar-refractivity contribution in [2.75, 3.05) is 20.3 Å². The van der Waals surface area contributed by atoms with Gasteiger partial charge in [-0.1, -0.05) is 37.4 Å². The van der Waals surface area contributed by atoms with E-state index in [2.05, 4.69) is 17.9 Å². The largest absolute Gasteiger partial charge is 0.494 e. The first-order chi connectivity index (χ1) is 20.2. The highest BCUT2D eigenvalue weighted by atomic mass is 16.5. The number of methoxy groups -OCH3 is 1. The number of hydrogen-bond donors (Lipinski definition) is 0. The van der Waals surface area contributed by atoms with Crippen LogP contribution in [0.15, 0.2) is 97.1 Å². The van der Waals surface area contributed by atoms with Gasteiger partial charge in [0.15, 0.2) is 0 Å².